The Morgan fingerprint density at radius 3 is 2.62 bits per heavy atom. The topological polar surface area (TPSA) is 62.5 Å². The summed E-state index contributed by atoms with van der Waals surface area (Å²) in [5, 5.41) is 0.922. The van der Waals surface area contributed by atoms with Crippen molar-refractivity contribution in [3.8, 4) is 0 Å². The molecule has 0 spiro atoms. The number of carbonyl (C=O) groups is 1. The molecule has 6 heteroatoms. The zero-order chi connectivity index (χ0) is 15.4. The normalized spacial score (nSPS) is 11.2. The van der Waals surface area contributed by atoms with Crippen LogP contribution in [-0.4, -0.2) is 49.0 Å². The van der Waals surface area contributed by atoms with E-state index in [4.69, 9.17) is 5.73 Å². The lowest BCUT2D eigenvalue weighted by Crippen LogP contribution is -2.33. The molecule has 1 aromatic heterocycles. The van der Waals surface area contributed by atoms with Crippen LogP contribution in [0.25, 0.3) is 10.2 Å². The summed E-state index contributed by atoms with van der Waals surface area (Å²) < 4.78 is 0.996. The van der Waals surface area contributed by atoms with Crippen LogP contribution >= 0.6 is 11.3 Å². The summed E-state index contributed by atoms with van der Waals surface area (Å²) in [4.78, 5) is 20.5. The van der Waals surface area contributed by atoms with E-state index in [2.05, 4.69) is 28.6 Å². The number of fused-ring (bicyclic) bond motifs is 1. The maximum Gasteiger partial charge on any atom is 0.250 e. The average Bonchev–Trinajstić information content (AvgIpc) is 2.91. The second kappa shape index (κ2) is 6.87. The van der Waals surface area contributed by atoms with Crippen LogP contribution in [0.2, 0.25) is 0 Å². The van der Waals surface area contributed by atoms with Crippen molar-refractivity contribution in [3.05, 3.63) is 23.8 Å². The fraction of sp³-hybridized carbons (Fsp3) is 0.467. The molecule has 1 amide bonds. The number of hydrogen-bond acceptors (Lipinski definition) is 5. The zero-order valence-corrected chi connectivity index (χ0v) is 13.6. The number of carbonyl (C=O) groups excluding carboxylic acids is 1. The highest BCUT2D eigenvalue weighted by molar-refractivity contribution is 7.22. The van der Waals surface area contributed by atoms with Gasteiger partial charge in [-0.25, -0.2) is 4.98 Å². The molecule has 0 radical (unpaired) electrons. The Labute approximate surface area is 129 Å². The number of primary amides is 1. The maximum absolute atomic E-state index is 11.5. The van der Waals surface area contributed by atoms with Crippen LogP contribution in [0.5, 0.6) is 0 Å². The van der Waals surface area contributed by atoms with Crippen LogP contribution in [0.1, 0.15) is 24.2 Å². The van der Waals surface area contributed by atoms with Crippen molar-refractivity contribution in [2.75, 3.05) is 38.1 Å². The molecule has 0 fully saturated rings. The minimum absolute atomic E-state index is 0.428. The van der Waals surface area contributed by atoms with Crippen molar-refractivity contribution in [2.45, 2.75) is 13.8 Å². The van der Waals surface area contributed by atoms with Gasteiger partial charge >= 0.3 is 0 Å². The molecule has 2 aromatic rings. The van der Waals surface area contributed by atoms with Gasteiger partial charge in [-0.05, 0) is 25.2 Å². The Kier molecular flexibility index (Phi) is 5.14. The smallest absolute Gasteiger partial charge is 0.250 e. The van der Waals surface area contributed by atoms with Crippen LogP contribution in [0.4, 0.5) is 5.13 Å². The third kappa shape index (κ3) is 3.51. The van der Waals surface area contributed by atoms with Crippen LogP contribution in [0.15, 0.2) is 18.2 Å². The summed E-state index contributed by atoms with van der Waals surface area (Å²) in [5.41, 5.74) is 6.61. The number of thiazole rings is 1. The summed E-state index contributed by atoms with van der Waals surface area (Å²) >= 11 is 1.59. The molecule has 0 aliphatic heterocycles. The largest absolute Gasteiger partial charge is 0.366 e. The first-order chi connectivity index (χ1) is 10.1. The Balaban J connectivity index is 2.19. The molecule has 0 atom stereocenters. The predicted molar refractivity (Wildman–Crippen MR) is 89.2 cm³/mol. The van der Waals surface area contributed by atoms with E-state index in [0.717, 1.165) is 36.0 Å². The van der Waals surface area contributed by atoms with Gasteiger partial charge in [-0.3, -0.25) is 4.79 Å². The number of para-hydroxylation sites is 1. The van der Waals surface area contributed by atoms with Gasteiger partial charge in [-0.15, -0.1) is 0 Å². The van der Waals surface area contributed by atoms with Gasteiger partial charge < -0.3 is 15.5 Å². The summed E-state index contributed by atoms with van der Waals surface area (Å²) in [6.45, 7) is 8.35. The van der Waals surface area contributed by atoms with E-state index in [-0.39, 0.29) is 0 Å². The molecular formula is C15H22N4OS. The molecule has 114 valence electrons. The maximum atomic E-state index is 11.5. The second-order valence-corrected chi connectivity index (χ2v) is 5.97. The lowest BCUT2D eigenvalue weighted by Gasteiger charge is -2.22. The van der Waals surface area contributed by atoms with Crippen LogP contribution in [0, 0.1) is 0 Å². The van der Waals surface area contributed by atoms with Crippen LogP contribution in [0.3, 0.4) is 0 Å². The number of nitrogens with two attached hydrogens (primary N) is 1. The van der Waals surface area contributed by atoms with E-state index >= 15 is 0 Å². The van der Waals surface area contributed by atoms with Gasteiger partial charge in [0.25, 0.3) is 5.91 Å². The molecule has 0 bridgehead atoms. The summed E-state index contributed by atoms with van der Waals surface area (Å²) in [5.74, 6) is -0.428. The summed E-state index contributed by atoms with van der Waals surface area (Å²) in [7, 11) is 2.03. The number of amides is 1. The van der Waals surface area contributed by atoms with Crippen molar-refractivity contribution in [1.82, 2.24) is 9.88 Å². The molecule has 1 heterocycles. The number of likely N-dealkylation sites (N-methyl/N-ethyl adjacent to an activating group) is 2. The standard InChI is InChI=1S/C15H22N4OS/c1-4-19(5-2)10-9-18(3)15-17-13-11(14(16)20)7-6-8-12(13)21-15/h6-8H,4-5,9-10H2,1-3H3,(H2,16,20). The Hall–Kier alpha value is -1.66. The van der Waals surface area contributed by atoms with Gasteiger partial charge in [-0.1, -0.05) is 31.3 Å². The SMILES string of the molecule is CCN(CC)CCN(C)c1nc2c(C(N)=O)cccc2s1. The molecule has 0 saturated heterocycles. The number of aromatic nitrogens is 1. The van der Waals surface area contributed by atoms with Gasteiger partial charge in [0, 0.05) is 20.1 Å². The Morgan fingerprint density at radius 2 is 2.00 bits per heavy atom. The van der Waals surface area contributed by atoms with Gasteiger partial charge in [-0.2, -0.15) is 0 Å². The molecule has 1 aromatic carbocycles. The fourth-order valence-electron chi connectivity index (χ4n) is 2.23. The monoisotopic (exact) mass is 306 g/mol. The lowest BCUT2D eigenvalue weighted by atomic mass is 10.2. The van der Waals surface area contributed by atoms with Gasteiger partial charge in [0.2, 0.25) is 0 Å². The van der Waals surface area contributed by atoms with E-state index in [1.807, 2.05) is 19.2 Å². The van der Waals surface area contributed by atoms with Gasteiger partial charge in [0.1, 0.15) is 0 Å². The third-order valence-corrected chi connectivity index (χ3v) is 4.78. The van der Waals surface area contributed by atoms with Crippen molar-refractivity contribution in [2.24, 2.45) is 5.73 Å². The van der Waals surface area contributed by atoms with Gasteiger partial charge in [0.05, 0.1) is 15.8 Å². The highest BCUT2D eigenvalue weighted by Crippen LogP contribution is 2.29. The van der Waals surface area contributed by atoms with E-state index in [0.29, 0.717) is 11.1 Å². The number of rotatable bonds is 7. The minimum Gasteiger partial charge on any atom is -0.366 e. The lowest BCUT2D eigenvalue weighted by molar-refractivity contribution is 0.100. The fourth-order valence-corrected chi connectivity index (χ4v) is 3.21. The van der Waals surface area contributed by atoms with Gasteiger partial charge in [0.15, 0.2) is 5.13 Å². The molecule has 2 N–H and O–H groups in total. The minimum atomic E-state index is -0.428. The first kappa shape index (κ1) is 15.7. The van der Waals surface area contributed by atoms with E-state index in [9.17, 15) is 4.79 Å². The van der Waals surface area contributed by atoms with Crippen LogP contribution < -0.4 is 10.6 Å². The second-order valence-electron chi connectivity index (χ2n) is 4.96. The molecule has 0 unspecified atom stereocenters. The predicted octanol–water partition coefficient (Wildman–Crippen LogP) is 2.17. The van der Waals surface area contributed by atoms with Crippen LogP contribution in [-0.2, 0) is 0 Å². The first-order valence-corrected chi connectivity index (χ1v) is 8.01. The molecule has 0 aliphatic carbocycles. The summed E-state index contributed by atoms with van der Waals surface area (Å²) in [6.07, 6.45) is 0. The zero-order valence-electron chi connectivity index (χ0n) is 12.8. The van der Waals surface area contributed by atoms with Crippen molar-refractivity contribution in [3.63, 3.8) is 0 Å². The molecule has 2 rings (SSSR count). The molecular weight excluding hydrogens is 284 g/mol. The van der Waals surface area contributed by atoms with E-state index in [1.165, 1.54) is 0 Å². The Bertz CT molecular complexity index is 621. The quantitative estimate of drug-likeness (QED) is 0.851. The van der Waals surface area contributed by atoms with Crippen molar-refractivity contribution in [1.29, 1.82) is 0 Å². The molecule has 0 saturated carbocycles. The molecule has 5 nitrogen and oxygen atoms in total. The van der Waals surface area contributed by atoms with Crippen molar-refractivity contribution < 1.29 is 4.79 Å². The molecule has 0 aliphatic rings. The van der Waals surface area contributed by atoms with E-state index < -0.39 is 5.91 Å². The highest BCUT2D eigenvalue weighted by Gasteiger charge is 2.14. The Morgan fingerprint density at radius 1 is 1.29 bits per heavy atom. The first-order valence-electron chi connectivity index (χ1n) is 7.19. The third-order valence-electron chi connectivity index (χ3n) is 3.65. The number of hydrogen-bond donors (Lipinski definition) is 1. The number of benzene rings is 1. The summed E-state index contributed by atoms with van der Waals surface area (Å²) in [6, 6.07) is 5.55. The van der Waals surface area contributed by atoms with Crippen molar-refractivity contribution >= 4 is 32.6 Å². The van der Waals surface area contributed by atoms with E-state index in [1.54, 1.807) is 17.4 Å². The average molecular weight is 306 g/mol. The number of anilines is 1. The molecule has 21 heavy (non-hydrogen) atoms. The number of nitrogens with zero attached hydrogens (tertiary/aromatic N) is 3. The highest BCUT2D eigenvalue weighted by atomic mass is 32.1.